The van der Waals surface area contributed by atoms with Crippen molar-refractivity contribution in [2.45, 2.75) is 12.6 Å². The zero-order valence-corrected chi connectivity index (χ0v) is 15.0. The first-order valence-corrected chi connectivity index (χ1v) is 8.87. The molecule has 3 heterocycles. The third kappa shape index (κ3) is 3.74. The van der Waals surface area contributed by atoms with Crippen molar-refractivity contribution in [3.05, 3.63) is 72.1 Å². The van der Waals surface area contributed by atoms with Crippen LogP contribution in [0.4, 0.5) is 0 Å². The van der Waals surface area contributed by atoms with Gasteiger partial charge in [-0.3, -0.25) is 15.2 Å². The van der Waals surface area contributed by atoms with Crippen molar-refractivity contribution in [3.63, 3.8) is 0 Å². The summed E-state index contributed by atoms with van der Waals surface area (Å²) < 4.78 is 5.40. The van der Waals surface area contributed by atoms with Crippen LogP contribution in [0.2, 0.25) is 0 Å². The molecule has 4 rings (SSSR count). The molecular formula is C20H21N5O2. The Bertz CT molecular complexity index is 897. The molecule has 0 spiro atoms. The highest BCUT2D eigenvalue weighted by atomic mass is 16.5. The van der Waals surface area contributed by atoms with Gasteiger partial charge < -0.3 is 9.42 Å². The molecule has 1 aliphatic rings. The maximum atomic E-state index is 13.0. The smallest absolute Gasteiger partial charge is 0.229 e. The highest BCUT2D eigenvalue weighted by molar-refractivity contribution is 5.80. The van der Waals surface area contributed by atoms with Crippen LogP contribution in [0, 0.1) is 5.92 Å². The van der Waals surface area contributed by atoms with Gasteiger partial charge >= 0.3 is 0 Å². The van der Waals surface area contributed by atoms with Crippen LogP contribution in [0.3, 0.4) is 0 Å². The summed E-state index contributed by atoms with van der Waals surface area (Å²) in [6.45, 7) is 0.939. The fourth-order valence-corrected chi connectivity index (χ4v) is 3.32. The van der Waals surface area contributed by atoms with E-state index < -0.39 is 0 Å². The number of hydrogen-bond acceptors (Lipinski definition) is 6. The predicted octanol–water partition coefficient (Wildman–Crippen LogP) is 2.16. The number of rotatable bonds is 5. The van der Waals surface area contributed by atoms with Gasteiger partial charge in [-0.25, -0.2) is 5.43 Å². The van der Waals surface area contributed by atoms with Crippen LogP contribution >= 0.6 is 0 Å². The number of benzene rings is 1. The van der Waals surface area contributed by atoms with Gasteiger partial charge in [0.05, 0.1) is 24.2 Å². The van der Waals surface area contributed by atoms with Gasteiger partial charge in [0.2, 0.25) is 5.91 Å². The molecule has 1 fully saturated rings. The first-order chi connectivity index (χ1) is 13.2. The third-order valence-corrected chi connectivity index (χ3v) is 4.71. The van der Waals surface area contributed by atoms with Crippen molar-refractivity contribution in [2.75, 3.05) is 13.6 Å². The van der Waals surface area contributed by atoms with Gasteiger partial charge in [0.25, 0.3) is 0 Å². The van der Waals surface area contributed by atoms with E-state index in [0.29, 0.717) is 24.5 Å². The van der Waals surface area contributed by atoms with Crippen molar-refractivity contribution in [1.82, 2.24) is 25.9 Å². The van der Waals surface area contributed by atoms with E-state index in [4.69, 9.17) is 4.52 Å². The van der Waals surface area contributed by atoms with Gasteiger partial charge in [0.1, 0.15) is 5.69 Å². The summed E-state index contributed by atoms with van der Waals surface area (Å²) in [4.78, 5) is 18.9. The van der Waals surface area contributed by atoms with Gasteiger partial charge in [0, 0.05) is 25.9 Å². The Morgan fingerprint density at radius 1 is 1.19 bits per heavy atom. The minimum atomic E-state index is -0.185. The molecule has 0 aliphatic carbocycles. The van der Waals surface area contributed by atoms with Crippen molar-refractivity contribution in [2.24, 2.45) is 5.92 Å². The van der Waals surface area contributed by atoms with Gasteiger partial charge in [-0.2, -0.15) is 0 Å². The number of carbonyl (C=O) groups excluding carboxylic acids is 1. The molecule has 2 unspecified atom stereocenters. The molecule has 0 saturated carbocycles. The number of hydrogen-bond donors (Lipinski definition) is 2. The van der Waals surface area contributed by atoms with E-state index in [9.17, 15) is 4.79 Å². The Morgan fingerprint density at radius 2 is 2.00 bits per heavy atom. The molecule has 0 radical (unpaired) electrons. The average molecular weight is 363 g/mol. The number of pyridine rings is 1. The lowest BCUT2D eigenvalue weighted by molar-refractivity contribution is -0.134. The molecule has 2 atom stereocenters. The first-order valence-electron chi connectivity index (χ1n) is 8.87. The number of nitrogens with zero attached hydrogens (tertiary/aromatic N) is 3. The SMILES string of the molecule is CN(Cc1cc(-c2ccccn2)no1)C(=O)C1CNNC1c1ccccc1. The summed E-state index contributed by atoms with van der Waals surface area (Å²) in [6, 6.07) is 17.4. The van der Waals surface area contributed by atoms with Gasteiger partial charge in [-0.1, -0.05) is 41.6 Å². The minimum absolute atomic E-state index is 0.0529. The summed E-state index contributed by atoms with van der Waals surface area (Å²) >= 11 is 0. The zero-order valence-electron chi connectivity index (χ0n) is 15.0. The number of carbonyl (C=O) groups is 1. The topological polar surface area (TPSA) is 83.3 Å². The second kappa shape index (κ2) is 7.69. The molecule has 138 valence electrons. The molecule has 0 bridgehead atoms. The lowest BCUT2D eigenvalue weighted by atomic mass is 9.94. The quantitative estimate of drug-likeness (QED) is 0.723. The van der Waals surface area contributed by atoms with E-state index in [1.165, 1.54) is 0 Å². The van der Waals surface area contributed by atoms with E-state index in [2.05, 4.69) is 21.0 Å². The minimum Gasteiger partial charge on any atom is -0.359 e. The third-order valence-electron chi connectivity index (χ3n) is 4.71. The second-order valence-electron chi connectivity index (χ2n) is 6.61. The molecule has 27 heavy (non-hydrogen) atoms. The number of amides is 1. The maximum Gasteiger partial charge on any atom is 0.229 e. The van der Waals surface area contributed by atoms with Crippen LogP contribution in [0.25, 0.3) is 11.4 Å². The Kier molecular flexibility index (Phi) is 4.95. The molecule has 2 aromatic heterocycles. The van der Waals surface area contributed by atoms with Crippen LogP contribution in [-0.4, -0.2) is 34.5 Å². The highest BCUT2D eigenvalue weighted by Crippen LogP contribution is 2.27. The zero-order chi connectivity index (χ0) is 18.6. The lowest BCUT2D eigenvalue weighted by Gasteiger charge is -2.23. The van der Waals surface area contributed by atoms with Gasteiger partial charge in [-0.15, -0.1) is 0 Å². The van der Waals surface area contributed by atoms with Crippen LogP contribution in [0.1, 0.15) is 17.4 Å². The molecule has 2 N–H and O–H groups in total. The summed E-state index contributed by atoms with van der Waals surface area (Å²) in [5.41, 5.74) is 8.81. The second-order valence-corrected chi connectivity index (χ2v) is 6.61. The number of aromatic nitrogens is 2. The average Bonchev–Trinajstić information content (AvgIpc) is 3.38. The fourth-order valence-electron chi connectivity index (χ4n) is 3.32. The van der Waals surface area contributed by atoms with Crippen LogP contribution < -0.4 is 10.9 Å². The van der Waals surface area contributed by atoms with Crippen molar-refractivity contribution in [3.8, 4) is 11.4 Å². The van der Waals surface area contributed by atoms with Crippen molar-refractivity contribution < 1.29 is 9.32 Å². The highest BCUT2D eigenvalue weighted by Gasteiger charge is 2.35. The van der Waals surface area contributed by atoms with Crippen LogP contribution in [0.15, 0.2) is 65.3 Å². The molecule has 7 heteroatoms. The van der Waals surface area contributed by atoms with E-state index in [0.717, 1.165) is 11.3 Å². The molecular weight excluding hydrogens is 342 g/mol. The first kappa shape index (κ1) is 17.4. The molecule has 1 aromatic carbocycles. The maximum absolute atomic E-state index is 13.0. The fraction of sp³-hybridized carbons (Fsp3) is 0.250. The normalized spacial score (nSPS) is 19.1. The summed E-state index contributed by atoms with van der Waals surface area (Å²) in [5.74, 6) is 0.495. The number of hydrazine groups is 1. The summed E-state index contributed by atoms with van der Waals surface area (Å²) in [6.07, 6.45) is 1.71. The number of nitrogens with one attached hydrogen (secondary N) is 2. The Labute approximate surface area is 157 Å². The van der Waals surface area contributed by atoms with Crippen LogP contribution in [-0.2, 0) is 11.3 Å². The largest absolute Gasteiger partial charge is 0.359 e. The van der Waals surface area contributed by atoms with E-state index in [1.807, 2.05) is 54.6 Å². The van der Waals surface area contributed by atoms with Crippen molar-refractivity contribution >= 4 is 5.91 Å². The van der Waals surface area contributed by atoms with Crippen LogP contribution in [0.5, 0.6) is 0 Å². The molecule has 1 amide bonds. The van der Waals surface area contributed by atoms with Crippen molar-refractivity contribution in [1.29, 1.82) is 0 Å². The Hall–Kier alpha value is -3.03. The Balaban J connectivity index is 1.44. The monoisotopic (exact) mass is 363 g/mol. The standard InChI is InChI=1S/C20H21N5O2/c1-25(13-15-11-18(24-27-15)17-9-5-6-10-21-17)20(26)16-12-22-23-19(16)14-7-3-2-4-8-14/h2-11,16,19,22-23H,12-13H2,1H3. The summed E-state index contributed by atoms with van der Waals surface area (Å²) in [7, 11) is 1.78. The molecule has 3 aromatic rings. The molecule has 7 nitrogen and oxygen atoms in total. The van der Waals surface area contributed by atoms with Gasteiger partial charge in [-0.05, 0) is 17.7 Å². The van der Waals surface area contributed by atoms with E-state index in [-0.39, 0.29) is 17.9 Å². The van der Waals surface area contributed by atoms with Gasteiger partial charge in [0.15, 0.2) is 5.76 Å². The summed E-state index contributed by atoms with van der Waals surface area (Å²) in [5, 5.41) is 4.06. The van der Waals surface area contributed by atoms with E-state index >= 15 is 0 Å². The Morgan fingerprint density at radius 3 is 2.78 bits per heavy atom. The van der Waals surface area contributed by atoms with E-state index in [1.54, 1.807) is 18.1 Å². The predicted molar refractivity (Wildman–Crippen MR) is 100 cm³/mol. The molecule has 1 aliphatic heterocycles. The lowest BCUT2D eigenvalue weighted by Crippen LogP contribution is -2.36. The molecule has 1 saturated heterocycles.